The third kappa shape index (κ3) is 4.60. The van der Waals surface area contributed by atoms with Crippen LogP contribution >= 0.6 is 0 Å². The minimum Gasteiger partial charge on any atom is -0.326 e. The van der Waals surface area contributed by atoms with E-state index < -0.39 is 10.0 Å². The van der Waals surface area contributed by atoms with Gasteiger partial charge in [0, 0.05) is 31.4 Å². The predicted molar refractivity (Wildman–Crippen MR) is 115 cm³/mol. The Kier molecular flexibility index (Phi) is 5.96. The van der Waals surface area contributed by atoms with Crippen molar-refractivity contribution in [3.8, 4) is 5.69 Å². The van der Waals surface area contributed by atoms with E-state index in [0.717, 1.165) is 24.1 Å². The Labute approximate surface area is 176 Å². The molecule has 0 unspecified atom stereocenters. The zero-order valence-electron chi connectivity index (χ0n) is 16.6. The van der Waals surface area contributed by atoms with Crippen molar-refractivity contribution in [2.45, 2.75) is 30.6 Å². The van der Waals surface area contributed by atoms with E-state index in [-0.39, 0.29) is 17.2 Å². The normalized spacial score (nSPS) is 14.7. The lowest BCUT2D eigenvalue weighted by Crippen LogP contribution is -2.27. The minimum atomic E-state index is -3.50. The fraction of sp³-hybridized carbons (Fsp3) is 0.273. The van der Waals surface area contributed by atoms with Crippen molar-refractivity contribution in [3.05, 3.63) is 72.6 Å². The van der Waals surface area contributed by atoms with Crippen LogP contribution in [0, 0.1) is 0 Å². The second-order valence-electron chi connectivity index (χ2n) is 7.32. The van der Waals surface area contributed by atoms with Crippen molar-refractivity contribution >= 4 is 21.6 Å². The Hall–Kier alpha value is -2.97. The largest absolute Gasteiger partial charge is 0.326 e. The summed E-state index contributed by atoms with van der Waals surface area (Å²) in [6.07, 6.45) is 6.26. The molecular formula is C22H24N4O3S. The van der Waals surface area contributed by atoms with Crippen molar-refractivity contribution in [2.24, 2.45) is 0 Å². The Morgan fingerprint density at radius 3 is 2.57 bits per heavy atom. The Morgan fingerprint density at radius 2 is 1.80 bits per heavy atom. The first-order valence-corrected chi connectivity index (χ1v) is 11.5. The Balaban J connectivity index is 1.36. The topological polar surface area (TPSA) is 84.3 Å². The quantitative estimate of drug-likeness (QED) is 0.631. The average molecular weight is 425 g/mol. The maximum Gasteiger partial charge on any atom is 0.243 e. The second-order valence-corrected chi connectivity index (χ2v) is 9.25. The van der Waals surface area contributed by atoms with Gasteiger partial charge in [-0.05, 0) is 55.2 Å². The molecule has 156 valence electrons. The number of amides is 1. The smallest absolute Gasteiger partial charge is 0.243 e. The molecule has 7 nitrogen and oxygen atoms in total. The van der Waals surface area contributed by atoms with Gasteiger partial charge in [-0.15, -0.1) is 0 Å². The van der Waals surface area contributed by atoms with Gasteiger partial charge in [-0.3, -0.25) is 4.79 Å². The number of nitrogens with zero attached hydrogens (tertiary/aromatic N) is 3. The number of carbonyl (C=O) groups excluding carboxylic acids is 1. The number of aromatic nitrogens is 2. The van der Waals surface area contributed by atoms with Gasteiger partial charge in [-0.1, -0.05) is 24.3 Å². The SMILES string of the molecule is O=C(CCc1cnn(-c2ccccc2)c1)Nc1cccc(S(=O)(=O)N2CCCC2)c1. The summed E-state index contributed by atoms with van der Waals surface area (Å²) in [5, 5.41) is 7.14. The highest BCUT2D eigenvalue weighted by Gasteiger charge is 2.27. The molecule has 1 N–H and O–H groups in total. The third-order valence-corrected chi connectivity index (χ3v) is 7.01. The summed E-state index contributed by atoms with van der Waals surface area (Å²) < 4.78 is 28.7. The molecule has 2 aromatic carbocycles. The molecule has 2 heterocycles. The average Bonchev–Trinajstić information content (AvgIpc) is 3.46. The fourth-order valence-electron chi connectivity index (χ4n) is 3.50. The number of hydrogen-bond acceptors (Lipinski definition) is 4. The minimum absolute atomic E-state index is 0.168. The van der Waals surface area contributed by atoms with E-state index in [1.54, 1.807) is 29.1 Å². The summed E-state index contributed by atoms with van der Waals surface area (Å²) in [5.74, 6) is -0.168. The molecule has 1 amide bonds. The number of para-hydroxylation sites is 1. The van der Waals surface area contributed by atoms with Crippen molar-refractivity contribution in [1.82, 2.24) is 14.1 Å². The number of sulfonamides is 1. The van der Waals surface area contributed by atoms with Gasteiger partial charge in [0.15, 0.2) is 0 Å². The first kappa shape index (κ1) is 20.3. The monoisotopic (exact) mass is 424 g/mol. The molecule has 0 bridgehead atoms. The highest BCUT2D eigenvalue weighted by atomic mass is 32.2. The third-order valence-electron chi connectivity index (χ3n) is 5.12. The van der Waals surface area contributed by atoms with Crippen LogP contribution < -0.4 is 5.32 Å². The van der Waals surface area contributed by atoms with Crippen LogP contribution in [0.3, 0.4) is 0 Å². The number of hydrogen-bond donors (Lipinski definition) is 1. The lowest BCUT2D eigenvalue weighted by atomic mass is 10.2. The van der Waals surface area contributed by atoms with Gasteiger partial charge in [-0.2, -0.15) is 9.40 Å². The molecule has 0 spiro atoms. The summed E-state index contributed by atoms with van der Waals surface area (Å²) in [6, 6.07) is 16.2. The molecule has 0 aliphatic carbocycles. The van der Waals surface area contributed by atoms with Crippen molar-refractivity contribution in [1.29, 1.82) is 0 Å². The number of rotatable bonds is 7. The van der Waals surface area contributed by atoms with Gasteiger partial charge < -0.3 is 5.32 Å². The molecule has 0 radical (unpaired) electrons. The Morgan fingerprint density at radius 1 is 1.03 bits per heavy atom. The molecule has 30 heavy (non-hydrogen) atoms. The zero-order valence-corrected chi connectivity index (χ0v) is 17.4. The summed E-state index contributed by atoms with van der Waals surface area (Å²) >= 11 is 0. The highest BCUT2D eigenvalue weighted by molar-refractivity contribution is 7.89. The number of carbonyl (C=O) groups is 1. The second kappa shape index (κ2) is 8.81. The van der Waals surface area contributed by atoms with Gasteiger partial charge >= 0.3 is 0 Å². The van der Waals surface area contributed by atoms with E-state index in [9.17, 15) is 13.2 Å². The molecule has 1 aromatic heterocycles. The van der Waals surface area contributed by atoms with Crippen LogP contribution in [-0.4, -0.2) is 41.5 Å². The lowest BCUT2D eigenvalue weighted by Gasteiger charge is -2.16. The van der Waals surface area contributed by atoms with Gasteiger partial charge in [0.25, 0.3) is 0 Å². The van der Waals surface area contributed by atoms with Gasteiger partial charge in [0.1, 0.15) is 0 Å². The number of benzene rings is 2. The molecule has 0 atom stereocenters. The highest BCUT2D eigenvalue weighted by Crippen LogP contribution is 2.23. The summed E-state index contributed by atoms with van der Waals surface area (Å²) in [6.45, 7) is 1.10. The first-order valence-electron chi connectivity index (χ1n) is 10.0. The number of anilines is 1. The Bertz CT molecular complexity index is 1120. The standard InChI is InChI=1S/C22H24N4O3S/c27-22(12-11-18-16-23-26(17-18)20-8-2-1-3-9-20)24-19-7-6-10-21(15-19)30(28,29)25-13-4-5-14-25/h1-3,6-10,15-17H,4-5,11-14H2,(H,24,27). The predicted octanol–water partition coefficient (Wildman–Crippen LogP) is 3.23. The molecule has 1 fully saturated rings. The maximum absolute atomic E-state index is 12.7. The summed E-state index contributed by atoms with van der Waals surface area (Å²) in [7, 11) is -3.50. The van der Waals surface area contributed by atoms with Crippen LogP contribution in [0.1, 0.15) is 24.8 Å². The molecular weight excluding hydrogens is 400 g/mol. The van der Waals surface area contributed by atoms with Gasteiger partial charge in [0.05, 0.1) is 16.8 Å². The first-order chi connectivity index (χ1) is 14.5. The van der Waals surface area contributed by atoms with Crippen molar-refractivity contribution < 1.29 is 13.2 Å². The molecule has 3 aromatic rings. The van der Waals surface area contributed by atoms with E-state index in [0.29, 0.717) is 25.2 Å². The van der Waals surface area contributed by atoms with Crippen LogP contribution in [0.25, 0.3) is 5.69 Å². The van der Waals surface area contributed by atoms with E-state index in [1.165, 1.54) is 10.4 Å². The van der Waals surface area contributed by atoms with E-state index in [2.05, 4.69) is 10.4 Å². The molecule has 0 saturated carbocycles. The van der Waals surface area contributed by atoms with E-state index >= 15 is 0 Å². The van der Waals surface area contributed by atoms with Crippen LogP contribution in [0.4, 0.5) is 5.69 Å². The van der Waals surface area contributed by atoms with E-state index in [1.807, 2.05) is 36.5 Å². The van der Waals surface area contributed by atoms with Crippen LogP contribution in [0.5, 0.6) is 0 Å². The molecule has 8 heteroatoms. The number of aryl methyl sites for hydroxylation is 1. The molecule has 1 aliphatic rings. The van der Waals surface area contributed by atoms with Crippen molar-refractivity contribution in [3.63, 3.8) is 0 Å². The molecule has 1 aliphatic heterocycles. The summed E-state index contributed by atoms with van der Waals surface area (Å²) in [5.41, 5.74) is 2.41. The number of nitrogens with one attached hydrogen (secondary N) is 1. The van der Waals surface area contributed by atoms with Crippen LogP contribution in [-0.2, 0) is 21.2 Å². The summed E-state index contributed by atoms with van der Waals surface area (Å²) in [4.78, 5) is 12.6. The zero-order chi connectivity index (χ0) is 21.0. The maximum atomic E-state index is 12.7. The van der Waals surface area contributed by atoms with E-state index in [4.69, 9.17) is 0 Å². The van der Waals surface area contributed by atoms with Crippen LogP contribution in [0.15, 0.2) is 71.9 Å². The van der Waals surface area contributed by atoms with Gasteiger partial charge in [0.2, 0.25) is 15.9 Å². The van der Waals surface area contributed by atoms with Crippen LogP contribution in [0.2, 0.25) is 0 Å². The molecule has 1 saturated heterocycles. The lowest BCUT2D eigenvalue weighted by molar-refractivity contribution is -0.116. The fourth-order valence-corrected chi connectivity index (χ4v) is 5.07. The molecule has 4 rings (SSSR count). The van der Waals surface area contributed by atoms with Gasteiger partial charge in [-0.25, -0.2) is 13.1 Å². The van der Waals surface area contributed by atoms with Crippen molar-refractivity contribution in [2.75, 3.05) is 18.4 Å².